The van der Waals surface area contributed by atoms with Crippen LogP contribution in [0.25, 0.3) is 6.08 Å². The number of carbonyl (C=O) groups excluding carboxylic acids is 1. The smallest absolute Gasteiger partial charge is 0.341 e. The van der Waals surface area contributed by atoms with Gasteiger partial charge in [0.25, 0.3) is 5.91 Å². The fourth-order valence-corrected chi connectivity index (χ4v) is 2.24. The van der Waals surface area contributed by atoms with Gasteiger partial charge in [-0.1, -0.05) is 18.2 Å². The second-order valence-electron chi connectivity index (χ2n) is 6.07. The Balaban J connectivity index is 2.08. The maximum atomic E-state index is 12.4. The maximum absolute atomic E-state index is 12.4. The molecular formula is C21H20N2O5. The predicted molar refractivity (Wildman–Crippen MR) is 104 cm³/mol. The van der Waals surface area contributed by atoms with Crippen LogP contribution in [0.4, 0.5) is 5.69 Å². The summed E-state index contributed by atoms with van der Waals surface area (Å²) in [6, 6.07) is 15.2. The van der Waals surface area contributed by atoms with E-state index in [2.05, 4.69) is 5.32 Å². The summed E-state index contributed by atoms with van der Waals surface area (Å²) in [6.07, 6.45) is 1.44. The van der Waals surface area contributed by atoms with Crippen LogP contribution in [-0.4, -0.2) is 29.7 Å². The fraction of sp³-hybridized carbons (Fsp3) is 0.190. The van der Waals surface area contributed by atoms with Crippen LogP contribution in [0, 0.1) is 11.3 Å². The average molecular weight is 380 g/mol. The predicted octanol–water partition coefficient (Wildman–Crippen LogP) is 3.48. The van der Waals surface area contributed by atoms with Crippen molar-refractivity contribution in [1.82, 2.24) is 0 Å². The van der Waals surface area contributed by atoms with Crippen molar-refractivity contribution >= 4 is 23.6 Å². The van der Waals surface area contributed by atoms with Crippen molar-refractivity contribution in [1.29, 1.82) is 5.26 Å². The molecule has 7 nitrogen and oxygen atoms in total. The summed E-state index contributed by atoms with van der Waals surface area (Å²) in [5.41, 5.74) is 1.04. The molecule has 0 unspecified atom stereocenters. The molecular weight excluding hydrogens is 360 g/mol. The molecule has 0 saturated carbocycles. The van der Waals surface area contributed by atoms with Gasteiger partial charge in [-0.15, -0.1) is 0 Å². The monoisotopic (exact) mass is 380 g/mol. The molecule has 0 atom stereocenters. The van der Waals surface area contributed by atoms with Crippen molar-refractivity contribution in [2.75, 3.05) is 11.9 Å². The van der Waals surface area contributed by atoms with E-state index >= 15 is 0 Å². The van der Waals surface area contributed by atoms with E-state index in [4.69, 9.17) is 14.6 Å². The van der Waals surface area contributed by atoms with Crippen molar-refractivity contribution < 1.29 is 24.2 Å². The first-order chi connectivity index (χ1) is 13.4. The van der Waals surface area contributed by atoms with Crippen LogP contribution in [0.15, 0.2) is 54.1 Å². The molecule has 0 heterocycles. The van der Waals surface area contributed by atoms with Crippen molar-refractivity contribution in [2.45, 2.75) is 20.0 Å². The number of amides is 1. The maximum Gasteiger partial charge on any atom is 0.341 e. The number of carboxylic acid groups (broad SMARTS) is 1. The molecule has 2 aromatic rings. The molecule has 0 fully saturated rings. The van der Waals surface area contributed by atoms with E-state index in [0.717, 1.165) is 0 Å². The first-order valence-corrected chi connectivity index (χ1v) is 8.52. The number of hydrogen-bond donors (Lipinski definition) is 2. The molecule has 7 heteroatoms. The van der Waals surface area contributed by atoms with Gasteiger partial charge in [0.05, 0.1) is 6.10 Å². The number of hydrogen-bond acceptors (Lipinski definition) is 5. The normalized spacial score (nSPS) is 10.9. The van der Waals surface area contributed by atoms with Crippen LogP contribution in [0.2, 0.25) is 0 Å². The van der Waals surface area contributed by atoms with E-state index < -0.39 is 18.5 Å². The number of benzene rings is 2. The van der Waals surface area contributed by atoms with Crippen LogP contribution < -0.4 is 14.8 Å². The van der Waals surface area contributed by atoms with E-state index in [9.17, 15) is 14.9 Å². The number of aliphatic carboxylic acids is 1. The zero-order valence-corrected chi connectivity index (χ0v) is 15.5. The van der Waals surface area contributed by atoms with Gasteiger partial charge >= 0.3 is 5.97 Å². The van der Waals surface area contributed by atoms with E-state index in [1.165, 1.54) is 6.08 Å². The molecule has 144 valence electrons. The average Bonchev–Trinajstić information content (AvgIpc) is 2.65. The zero-order chi connectivity index (χ0) is 20.5. The van der Waals surface area contributed by atoms with Crippen molar-refractivity contribution in [3.05, 3.63) is 59.7 Å². The molecule has 0 aromatic heterocycles. The van der Waals surface area contributed by atoms with Gasteiger partial charge in [-0.3, -0.25) is 4.79 Å². The Hall–Kier alpha value is -3.79. The molecule has 0 saturated heterocycles. The van der Waals surface area contributed by atoms with E-state index in [0.29, 0.717) is 22.7 Å². The number of rotatable bonds is 8. The lowest BCUT2D eigenvalue weighted by Gasteiger charge is -2.11. The molecule has 28 heavy (non-hydrogen) atoms. The Morgan fingerprint density at radius 2 is 1.89 bits per heavy atom. The standard InChI is InChI=1S/C21H20N2O5/c1-14(2)28-19-5-3-4-17(11-19)23-21(26)16(12-22)10-15-6-8-18(9-7-15)27-13-20(24)25/h3-11,14H,13H2,1-2H3,(H,23,26)(H,24,25)/b16-10-. The quantitative estimate of drug-likeness (QED) is 0.536. The molecule has 0 aliphatic rings. The number of ether oxygens (including phenoxy) is 2. The van der Waals surface area contributed by atoms with Crippen molar-refractivity contribution in [3.63, 3.8) is 0 Å². The summed E-state index contributed by atoms with van der Waals surface area (Å²) in [5, 5.41) is 20.6. The molecule has 1 amide bonds. The first-order valence-electron chi connectivity index (χ1n) is 8.52. The van der Waals surface area contributed by atoms with Gasteiger partial charge in [0.1, 0.15) is 23.1 Å². The van der Waals surface area contributed by atoms with Crippen LogP contribution in [0.5, 0.6) is 11.5 Å². The highest BCUT2D eigenvalue weighted by atomic mass is 16.5. The van der Waals surface area contributed by atoms with Gasteiger partial charge in [-0.2, -0.15) is 5.26 Å². The van der Waals surface area contributed by atoms with Crippen LogP contribution in [0.1, 0.15) is 19.4 Å². The zero-order valence-electron chi connectivity index (χ0n) is 15.5. The Morgan fingerprint density at radius 3 is 2.50 bits per heavy atom. The molecule has 0 aliphatic heterocycles. The minimum atomic E-state index is -1.07. The Morgan fingerprint density at radius 1 is 1.18 bits per heavy atom. The number of nitrogens with one attached hydrogen (secondary N) is 1. The van der Waals surface area contributed by atoms with E-state index in [1.54, 1.807) is 48.5 Å². The number of carboxylic acids is 1. The highest BCUT2D eigenvalue weighted by molar-refractivity contribution is 6.09. The summed E-state index contributed by atoms with van der Waals surface area (Å²) in [7, 11) is 0. The third kappa shape index (κ3) is 6.50. The lowest BCUT2D eigenvalue weighted by Crippen LogP contribution is -2.13. The topological polar surface area (TPSA) is 109 Å². The molecule has 2 N–H and O–H groups in total. The third-order valence-electron chi connectivity index (χ3n) is 3.38. The van der Waals surface area contributed by atoms with E-state index in [1.807, 2.05) is 19.9 Å². The molecule has 2 rings (SSSR count). The summed E-state index contributed by atoms with van der Waals surface area (Å²) < 4.78 is 10.6. The first kappa shape index (κ1) is 20.5. The number of nitrogens with zero attached hydrogens (tertiary/aromatic N) is 1. The minimum Gasteiger partial charge on any atom is -0.491 e. The number of nitriles is 1. The third-order valence-corrected chi connectivity index (χ3v) is 3.38. The molecule has 0 spiro atoms. The summed E-state index contributed by atoms with van der Waals surface area (Å²) in [6.45, 7) is 3.36. The highest BCUT2D eigenvalue weighted by Gasteiger charge is 2.10. The fourth-order valence-electron chi connectivity index (χ4n) is 2.24. The number of anilines is 1. The SMILES string of the molecule is CC(C)Oc1cccc(NC(=O)/C(C#N)=C\c2ccc(OCC(=O)O)cc2)c1. The molecule has 2 aromatic carbocycles. The largest absolute Gasteiger partial charge is 0.491 e. The Kier molecular flexibility index (Phi) is 7.17. The van der Waals surface area contributed by atoms with Crippen LogP contribution in [-0.2, 0) is 9.59 Å². The van der Waals surface area contributed by atoms with E-state index in [-0.39, 0.29) is 11.7 Å². The van der Waals surface area contributed by atoms with Gasteiger partial charge in [0.2, 0.25) is 0 Å². The highest BCUT2D eigenvalue weighted by Crippen LogP contribution is 2.20. The second kappa shape index (κ2) is 9.78. The van der Waals surface area contributed by atoms with Crippen molar-refractivity contribution in [3.8, 4) is 17.6 Å². The molecule has 0 bridgehead atoms. The van der Waals surface area contributed by atoms with Gasteiger partial charge < -0.3 is 19.9 Å². The lowest BCUT2D eigenvalue weighted by atomic mass is 10.1. The second-order valence-corrected chi connectivity index (χ2v) is 6.07. The minimum absolute atomic E-state index is 0.00275. The van der Waals surface area contributed by atoms with Gasteiger partial charge in [0, 0.05) is 11.8 Å². The molecule has 0 aliphatic carbocycles. The summed E-state index contributed by atoms with van der Waals surface area (Å²) in [4.78, 5) is 22.9. The molecule has 0 radical (unpaired) electrons. The Bertz CT molecular complexity index is 911. The lowest BCUT2D eigenvalue weighted by molar-refractivity contribution is -0.139. The van der Waals surface area contributed by atoms with Crippen LogP contribution >= 0.6 is 0 Å². The summed E-state index contributed by atoms with van der Waals surface area (Å²) in [5.74, 6) is -0.623. The van der Waals surface area contributed by atoms with Gasteiger partial charge in [-0.25, -0.2) is 4.79 Å². The van der Waals surface area contributed by atoms with Crippen LogP contribution in [0.3, 0.4) is 0 Å². The van der Waals surface area contributed by atoms with Gasteiger partial charge in [0.15, 0.2) is 6.61 Å². The van der Waals surface area contributed by atoms with Crippen molar-refractivity contribution in [2.24, 2.45) is 0 Å². The van der Waals surface area contributed by atoms with Gasteiger partial charge in [-0.05, 0) is 49.8 Å². The Labute approximate surface area is 162 Å². The summed E-state index contributed by atoms with van der Waals surface area (Å²) >= 11 is 0. The number of carbonyl (C=O) groups is 2.